The van der Waals surface area contributed by atoms with Crippen LogP contribution in [0.1, 0.15) is 34.3 Å². The van der Waals surface area contributed by atoms with E-state index in [-0.39, 0.29) is 18.4 Å². The summed E-state index contributed by atoms with van der Waals surface area (Å²) < 4.78 is 6.06. The zero-order chi connectivity index (χ0) is 19.7. The van der Waals surface area contributed by atoms with Crippen LogP contribution in [-0.4, -0.2) is 48.6 Å². The third-order valence-electron chi connectivity index (χ3n) is 5.77. The third kappa shape index (κ3) is 3.54. The average molecular weight is 378 g/mol. The topological polar surface area (TPSA) is 49.9 Å². The van der Waals surface area contributed by atoms with Crippen LogP contribution in [0.2, 0.25) is 0 Å². The molecule has 2 aromatic rings. The molecule has 2 aliphatic rings. The fourth-order valence-corrected chi connectivity index (χ4v) is 4.21. The van der Waals surface area contributed by atoms with E-state index < -0.39 is 5.60 Å². The van der Waals surface area contributed by atoms with Gasteiger partial charge in [0.15, 0.2) is 0 Å². The van der Waals surface area contributed by atoms with Gasteiger partial charge in [-0.25, -0.2) is 0 Å². The van der Waals surface area contributed by atoms with Gasteiger partial charge in [-0.2, -0.15) is 0 Å². The van der Waals surface area contributed by atoms with E-state index in [0.29, 0.717) is 13.1 Å². The Morgan fingerprint density at radius 1 is 1.07 bits per heavy atom. The molecule has 5 heteroatoms. The number of rotatable bonds is 2. The predicted molar refractivity (Wildman–Crippen MR) is 109 cm³/mol. The van der Waals surface area contributed by atoms with Crippen molar-refractivity contribution in [3.8, 4) is 0 Å². The summed E-state index contributed by atoms with van der Waals surface area (Å²) in [4.78, 5) is 29.4. The van der Waals surface area contributed by atoms with Gasteiger partial charge in [-0.15, -0.1) is 0 Å². The Morgan fingerprint density at radius 3 is 2.64 bits per heavy atom. The van der Waals surface area contributed by atoms with Crippen molar-refractivity contribution in [1.82, 2.24) is 4.90 Å². The number of piperidine rings is 1. The maximum absolute atomic E-state index is 13.2. The summed E-state index contributed by atoms with van der Waals surface area (Å²) in [5.41, 5.74) is 3.20. The molecule has 0 aliphatic carbocycles. The molecule has 2 saturated heterocycles. The fraction of sp³-hybridized carbons (Fsp3) is 0.391. The van der Waals surface area contributed by atoms with Crippen LogP contribution in [0.25, 0.3) is 0 Å². The number of amides is 2. The van der Waals surface area contributed by atoms with E-state index in [9.17, 15) is 9.59 Å². The summed E-state index contributed by atoms with van der Waals surface area (Å²) in [6, 6.07) is 15.7. The molecule has 0 radical (unpaired) electrons. The van der Waals surface area contributed by atoms with Crippen LogP contribution < -0.4 is 4.90 Å². The quantitative estimate of drug-likeness (QED) is 0.805. The van der Waals surface area contributed by atoms with Gasteiger partial charge >= 0.3 is 0 Å². The maximum Gasteiger partial charge on any atom is 0.254 e. The number of hydrogen-bond acceptors (Lipinski definition) is 3. The lowest BCUT2D eigenvalue weighted by molar-refractivity contribution is -0.144. The van der Waals surface area contributed by atoms with Gasteiger partial charge in [-0.1, -0.05) is 35.9 Å². The van der Waals surface area contributed by atoms with E-state index in [1.54, 1.807) is 4.90 Å². The summed E-state index contributed by atoms with van der Waals surface area (Å²) in [5.74, 6) is 0.0156. The number of likely N-dealkylation sites (tertiary alicyclic amines) is 1. The van der Waals surface area contributed by atoms with E-state index in [1.807, 2.05) is 67.3 Å². The summed E-state index contributed by atoms with van der Waals surface area (Å²) in [6.07, 6.45) is 1.72. The van der Waals surface area contributed by atoms with Crippen LogP contribution in [0.3, 0.4) is 0 Å². The Labute approximate surface area is 165 Å². The van der Waals surface area contributed by atoms with Crippen molar-refractivity contribution in [1.29, 1.82) is 0 Å². The standard InChI is InChI=1S/C23H26N2O3/c1-17-9-10-18(2)20(13-17)22(27)24-12-6-11-23(15-24)16-25(21(26)14-28-23)19-7-4-3-5-8-19/h3-5,7-10,13H,6,11-12,14-16H2,1-2H3. The first kappa shape index (κ1) is 18.7. The van der Waals surface area contributed by atoms with Crippen molar-refractivity contribution in [3.05, 3.63) is 65.2 Å². The lowest BCUT2D eigenvalue weighted by Crippen LogP contribution is -2.62. The van der Waals surface area contributed by atoms with E-state index in [4.69, 9.17) is 4.74 Å². The second-order valence-corrected chi connectivity index (χ2v) is 7.94. The van der Waals surface area contributed by atoms with Crippen LogP contribution in [-0.2, 0) is 9.53 Å². The summed E-state index contributed by atoms with van der Waals surface area (Å²) in [7, 11) is 0. The highest BCUT2D eigenvalue weighted by Crippen LogP contribution is 2.32. The molecule has 0 bridgehead atoms. The normalized spacial score (nSPS) is 22.6. The molecule has 1 unspecified atom stereocenters. The number of anilines is 1. The molecule has 0 N–H and O–H groups in total. The van der Waals surface area contributed by atoms with Crippen molar-refractivity contribution in [2.75, 3.05) is 31.1 Å². The molecular formula is C23H26N2O3. The van der Waals surface area contributed by atoms with Gasteiger partial charge in [0, 0.05) is 17.8 Å². The molecule has 1 spiro atoms. The van der Waals surface area contributed by atoms with Crippen LogP contribution in [0.5, 0.6) is 0 Å². The first-order chi connectivity index (χ1) is 13.5. The highest BCUT2D eigenvalue weighted by molar-refractivity contribution is 5.97. The third-order valence-corrected chi connectivity index (χ3v) is 5.77. The molecule has 0 aromatic heterocycles. The number of hydrogen-bond donors (Lipinski definition) is 0. The van der Waals surface area contributed by atoms with Crippen LogP contribution in [0, 0.1) is 13.8 Å². The Balaban J connectivity index is 1.56. The Morgan fingerprint density at radius 2 is 1.86 bits per heavy atom. The molecule has 2 aliphatic heterocycles. The van der Waals surface area contributed by atoms with E-state index in [2.05, 4.69) is 0 Å². The van der Waals surface area contributed by atoms with Crippen molar-refractivity contribution < 1.29 is 14.3 Å². The minimum atomic E-state index is -0.505. The molecular weight excluding hydrogens is 352 g/mol. The molecule has 2 heterocycles. The molecule has 1 atom stereocenters. The minimum Gasteiger partial charge on any atom is -0.361 e. The van der Waals surface area contributed by atoms with E-state index >= 15 is 0 Å². The van der Waals surface area contributed by atoms with Crippen molar-refractivity contribution >= 4 is 17.5 Å². The van der Waals surface area contributed by atoms with Crippen LogP contribution in [0.15, 0.2) is 48.5 Å². The Kier molecular flexibility index (Phi) is 4.94. The van der Waals surface area contributed by atoms with Crippen molar-refractivity contribution in [2.45, 2.75) is 32.3 Å². The minimum absolute atomic E-state index is 0.0326. The summed E-state index contributed by atoms with van der Waals surface area (Å²) in [5, 5.41) is 0. The number of para-hydroxylation sites is 1. The van der Waals surface area contributed by atoms with Gasteiger partial charge in [0.2, 0.25) is 0 Å². The molecule has 4 rings (SSSR count). The van der Waals surface area contributed by atoms with Gasteiger partial charge in [-0.3, -0.25) is 9.59 Å². The molecule has 2 amide bonds. The summed E-state index contributed by atoms with van der Waals surface area (Å²) >= 11 is 0. The van der Waals surface area contributed by atoms with Crippen LogP contribution in [0.4, 0.5) is 5.69 Å². The largest absolute Gasteiger partial charge is 0.361 e. The molecule has 2 fully saturated rings. The number of nitrogens with zero attached hydrogens (tertiary/aromatic N) is 2. The Hall–Kier alpha value is -2.66. The smallest absolute Gasteiger partial charge is 0.254 e. The molecule has 2 aromatic carbocycles. The van der Waals surface area contributed by atoms with E-state index in [0.717, 1.165) is 41.8 Å². The molecule has 146 valence electrons. The van der Waals surface area contributed by atoms with Gasteiger partial charge in [-0.05, 0) is 50.5 Å². The fourth-order valence-electron chi connectivity index (χ4n) is 4.21. The van der Waals surface area contributed by atoms with Gasteiger partial charge in [0.1, 0.15) is 12.2 Å². The second kappa shape index (κ2) is 7.40. The van der Waals surface area contributed by atoms with Gasteiger partial charge < -0.3 is 14.5 Å². The lowest BCUT2D eigenvalue weighted by Gasteiger charge is -2.47. The van der Waals surface area contributed by atoms with Crippen LogP contribution >= 0.6 is 0 Å². The first-order valence-electron chi connectivity index (χ1n) is 9.83. The monoisotopic (exact) mass is 378 g/mol. The number of ether oxygens (including phenoxy) is 1. The number of benzene rings is 2. The lowest BCUT2D eigenvalue weighted by atomic mass is 9.89. The second-order valence-electron chi connectivity index (χ2n) is 7.94. The average Bonchev–Trinajstić information content (AvgIpc) is 2.72. The number of carbonyl (C=O) groups is 2. The summed E-state index contributed by atoms with van der Waals surface area (Å²) in [6.45, 7) is 5.74. The highest BCUT2D eigenvalue weighted by atomic mass is 16.5. The highest BCUT2D eigenvalue weighted by Gasteiger charge is 2.44. The van der Waals surface area contributed by atoms with Gasteiger partial charge in [0.25, 0.3) is 11.8 Å². The van der Waals surface area contributed by atoms with Crippen molar-refractivity contribution in [2.24, 2.45) is 0 Å². The predicted octanol–water partition coefficient (Wildman–Crippen LogP) is 3.34. The molecule has 28 heavy (non-hydrogen) atoms. The maximum atomic E-state index is 13.2. The SMILES string of the molecule is Cc1ccc(C)c(C(=O)N2CCCC3(C2)CN(c2ccccc2)C(=O)CO3)c1. The molecule has 5 nitrogen and oxygen atoms in total. The van der Waals surface area contributed by atoms with E-state index in [1.165, 1.54) is 0 Å². The molecule has 0 saturated carbocycles. The number of aryl methyl sites for hydroxylation is 2. The van der Waals surface area contributed by atoms with Gasteiger partial charge in [0.05, 0.1) is 13.1 Å². The zero-order valence-corrected chi connectivity index (χ0v) is 16.5. The first-order valence-corrected chi connectivity index (χ1v) is 9.83. The Bertz CT molecular complexity index is 896. The number of carbonyl (C=O) groups excluding carboxylic acids is 2. The number of morpholine rings is 1. The van der Waals surface area contributed by atoms with Crippen molar-refractivity contribution in [3.63, 3.8) is 0 Å². The zero-order valence-electron chi connectivity index (χ0n) is 16.5.